The minimum Gasteiger partial charge on any atom is -0.352 e. The highest BCUT2D eigenvalue weighted by atomic mass is 35.5. The largest absolute Gasteiger partial charge is 0.352 e. The number of likely N-dealkylation sites (tertiary alicyclic amines) is 1. The minimum absolute atomic E-state index is 0.0315. The molecule has 0 radical (unpaired) electrons. The Hall–Kier alpha value is -1.15. The van der Waals surface area contributed by atoms with E-state index in [0.717, 1.165) is 58.0 Å². The summed E-state index contributed by atoms with van der Waals surface area (Å²) in [5.74, 6) is 0.387. The molecule has 2 aliphatic rings. The lowest BCUT2D eigenvalue weighted by Crippen LogP contribution is -2.33. The first kappa shape index (κ1) is 22.5. The number of carbonyl (C=O) groups excluding carboxylic acids is 1. The monoisotopic (exact) mass is 441 g/mol. The minimum atomic E-state index is -3.70. The Kier molecular flexibility index (Phi) is 7.96. The molecule has 162 valence electrons. The highest BCUT2D eigenvalue weighted by Crippen LogP contribution is 2.28. The molecule has 0 aliphatic carbocycles. The normalized spacial score (nSPS) is 20.3. The fourth-order valence-electron chi connectivity index (χ4n) is 4.11. The number of carbonyl (C=O) groups is 1. The number of nitrogens with one attached hydrogen (secondary N) is 1. The number of amides is 1. The molecule has 0 atom stereocenters. The number of sulfonamides is 1. The zero-order chi connectivity index (χ0) is 20.9. The van der Waals surface area contributed by atoms with Crippen molar-refractivity contribution in [3.8, 4) is 0 Å². The van der Waals surface area contributed by atoms with Crippen LogP contribution in [0, 0.1) is 5.92 Å². The molecule has 1 amide bonds. The van der Waals surface area contributed by atoms with E-state index in [-0.39, 0.29) is 15.8 Å². The van der Waals surface area contributed by atoms with Crippen molar-refractivity contribution in [2.24, 2.45) is 5.92 Å². The van der Waals surface area contributed by atoms with Crippen molar-refractivity contribution < 1.29 is 13.2 Å². The van der Waals surface area contributed by atoms with Gasteiger partial charge >= 0.3 is 0 Å². The van der Waals surface area contributed by atoms with Gasteiger partial charge in [-0.3, -0.25) is 4.79 Å². The maximum Gasteiger partial charge on any atom is 0.251 e. The van der Waals surface area contributed by atoms with E-state index in [1.54, 1.807) is 6.07 Å². The van der Waals surface area contributed by atoms with Crippen molar-refractivity contribution in [2.45, 2.75) is 49.8 Å². The first-order valence-electron chi connectivity index (χ1n) is 10.6. The average Bonchev–Trinajstić information content (AvgIpc) is 3.00. The number of hydrogen-bond donors (Lipinski definition) is 1. The van der Waals surface area contributed by atoms with Gasteiger partial charge in [0.15, 0.2) is 0 Å². The fraction of sp³-hybridized carbons (Fsp3) is 0.667. The van der Waals surface area contributed by atoms with E-state index in [2.05, 4.69) is 17.3 Å². The third-order valence-corrected chi connectivity index (χ3v) is 8.43. The summed E-state index contributed by atoms with van der Waals surface area (Å²) in [6.45, 7) is 3.82. The molecule has 0 aromatic heterocycles. The van der Waals surface area contributed by atoms with Crippen LogP contribution in [0.2, 0.25) is 5.02 Å². The molecule has 1 N–H and O–H groups in total. The summed E-state index contributed by atoms with van der Waals surface area (Å²) in [6.07, 6.45) is 7.06. The van der Waals surface area contributed by atoms with Crippen LogP contribution >= 0.6 is 11.6 Å². The van der Waals surface area contributed by atoms with Crippen LogP contribution in [-0.4, -0.2) is 63.3 Å². The Morgan fingerprint density at radius 1 is 1.10 bits per heavy atom. The smallest absolute Gasteiger partial charge is 0.251 e. The highest BCUT2D eigenvalue weighted by molar-refractivity contribution is 7.89. The van der Waals surface area contributed by atoms with E-state index in [1.807, 2.05) is 0 Å². The van der Waals surface area contributed by atoms with E-state index in [0.29, 0.717) is 31.1 Å². The Morgan fingerprint density at radius 3 is 2.41 bits per heavy atom. The number of rotatable bonds is 6. The SMILES string of the molecule is CN1CCC(CCNC(=O)c2ccc(Cl)c(S(=O)(=O)N3CCCCCC3)c2)CC1. The molecule has 2 aliphatic heterocycles. The molecule has 8 heteroatoms. The highest BCUT2D eigenvalue weighted by Gasteiger charge is 2.28. The molecule has 0 saturated carbocycles. The molecular formula is C21H32ClN3O3S. The molecule has 0 unspecified atom stereocenters. The van der Waals surface area contributed by atoms with Crippen molar-refractivity contribution >= 4 is 27.5 Å². The van der Waals surface area contributed by atoms with Crippen LogP contribution in [0.3, 0.4) is 0 Å². The Labute approximate surface area is 179 Å². The van der Waals surface area contributed by atoms with Crippen molar-refractivity contribution in [2.75, 3.05) is 39.8 Å². The standard InChI is InChI=1S/C21H32ClN3O3S/c1-24-14-9-17(10-15-24)8-11-23-21(26)18-6-7-19(22)20(16-18)29(27,28)25-12-4-2-3-5-13-25/h6-7,16-17H,2-5,8-15H2,1H3,(H,23,26). The predicted octanol–water partition coefficient (Wildman–Crippen LogP) is 3.37. The first-order valence-corrected chi connectivity index (χ1v) is 12.5. The van der Waals surface area contributed by atoms with Gasteiger partial charge in [-0.1, -0.05) is 24.4 Å². The van der Waals surface area contributed by atoms with Crippen LogP contribution in [0.15, 0.2) is 23.1 Å². The van der Waals surface area contributed by atoms with Crippen LogP contribution in [0.25, 0.3) is 0 Å². The Balaban J connectivity index is 1.64. The van der Waals surface area contributed by atoms with Crippen LogP contribution in [0.5, 0.6) is 0 Å². The van der Waals surface area contributed by atoms with E-state index >= 15 is 0 Å². The van der Waals surface area contributed by atoms with Crippen molar-refractivity contribution in [3.63, 3.8) is 0 Å². The van der Waals surface area contributed by atoms with Gasteiger partial charge in [0.1, 0.15) is 4.90 Å². The van der Waals surface area contributed by atoms with Gasteiger partial charge in [-0.15, -0.1) is 0 Å². The predicted molar refractivity (Wildman–Crippen MR) is 116 cm³/mol. The van der Waals surface area contributed by atoms with Crippen molar-refractivity contribution in [1.29, 1.82) is 0 Å². The van der Waals surface area contributed by atoms with Gasteiger partial charge in [0, 0.05) is 25.2 Å². The zero-order valence-electron chi connectivity index (χ0n) is 17.2. The van der Waals surface area contributed by atoms with Crippen LogP contribution in [0.1, 0.15) is 55.3 Å². The summed E-state index contributed by atoms with van der Waals surface area (Å²) in [5, 5.41) is 3.11. The second-order valence-corrected chi connectivity index (χ2v) is 10.6. The lowest BCUT2D eigenvalue weighted by Gasteiger charge is -2.28. The number of nitrogens with zero attached hydrogens (tertiary/aromatic N) is 2. The van der Waals surface area contributed by atoms with Gasteiger partial charge in [-0.25, -0.2) is 8.42 Å². The molecule has 1 aromatic rings. The lowest BCUT2D eigenvalue weighted by atomic mass is 9.94. The molecule has 2 heterocycles. The summed E-state index contributed by atoms with van der Waals surface area (Å²) in [4.78, 5) is 14.9. The topological polar surface area (TPSA) is 69.7 Å². The quantitative estimate of drug-likeness (QED) is 0.734. The second-order valence-electron chi connectivity index (χ2n) is 8.25. The fourth-order valence-corrected chi connectivity index (χ4v) is 6.12. The zero-order valence-corrected chi connectivity index (χ0v) is 18.8. The molecule has 2 saturated heterocycles. The van der Waals surface area contributed by atoms with Crippen LogP contribution in [0.4, 0.5) is 0 Å². The summed E-state index contributed by atoms with van der Waals surface area (Å²) < 4.78 is 27.7. The second kappa shape index (κ2) is 10.2. The Morgan fingerprint density at radius 2 is 1.76 bits per heavy atom. The van der Waals surface area contributed by atoms with Crippen LogP contribution < -0.4 is 5.32 Å². The van der Waals surface area contributed by atoms with Gasteiger partial charge in [-0.05, 0) is 76.4 Å². The average molecular weight is 442 g/mol. The molecular weight excluding hydrogens is 410 g/mol. The van der Waals surface area contributed by atoms with Crippen molar-refractivity contribution in [1.82, 2.24) is 14.5 Å². The number of piperidine rings is 1. The summed E-state index contributed by atoms with van der Waals surface area (Å²) >= 11 is 6.22. The summed E-state index contributed by atoms with van der Waals surface area (Å²) in [5.41, 5.74) is 0.339. The molecule has 1 aromatic carbocycles. The lowest BCUT2D eigenvalue weighted by molar-refractivity contribution is 0.0948. The van der Waals surface area contributed by atoms with Gasteiger partial charge < -0.3 is 10.2 Å². The van der Waals surface area contributed by atoms with E-state index in [4.69, 9.17) is 11.6 Å². The molecule has 29 heavy (non-hydrogen) atoms. The summed E-state index contributed by atoms with van der Waals surface area (Å²) in [6, 6.07) is 4.53. The van der Waals surface area contributed by atoms with Crippen LogP contribution in [-0.2, 0) is 10.0 Å². The van der Waals surface area contributed by atoms with Gasteiger partial charge in [0.2, 0.25) is 10.0 Å². The van der Waals surface area contributed by atoms with E-state index in [9.17, 15) is 13.2 Å². The third kappa shape index (κ3) is 5.94. The van der Waals surface area contributed by atoms with Gasteiger partial charge in [0.05, 0.1) is 5.02 Å². The third-order valence-electron chi connectivity index (χ3n) is 6.05. The Bertz CT molecular complexity index is 799. The number of halogens is 1. The molecule has 2 fully saturated rings. The summed E-state index contributed by atoms with van der Waals surface area (Å²) in [7, 11) is -1.56. The number of hydrogen-bond acceptors (Lipinski definition) is 4. The first-order chi connectivity index (χ1) is 13.9. The molecule has 3 rings (SSSR count). The maximum atomic E-state index is 13.1. The molecule has 0 spiro atoms. The van der Waals surface area contributed by atoms with Gasteiger partial charge in [0.25, 0.3) is 5.91 Å². The van der Waals surface area contributed by atoms with Crippen molar-refractivity contribution in [3.05, 3.63) is 28.8 Å². The number of benzene rings is 1. The van der Waals surface area contributed by atoms with Gasteiger partial charge in [-0.2, -0.15) is 4.31 Å². The molecule has 0 bridgehead atoms. The maximum absolute atomic E-state index is 13.1. The van der Waals surface area contributed by atoms with E-state index in [1.165, 1.54) is 16.4 Å². The molecule has 6 nitrogen and oxygen atoms in total. The van der Waals surface area contributed by atoms with E-state index < -0.39 is 10.0 Å².